The van der Waals surface area contributed by atoms with Gasteiger partial charge in [-0.25, -0.2) is 4.39 Å². The lowest BCUT2D eigenvalue weighted by atomic mass is 10.1. The molecular weight excluding hydrogens is 243 g/mol. The van der Waals surface area contributed by atoms with Crippen LogP contribution in [0.4, 0.5) is 10.2 Å². The van der Waals surface area contributed by atoms with Crippen molar-refractivity contribution >= 4 is 17.6 Å². The Morgan fingerprint density at radius 1 is 1.47 bits per heavy atom. The van der Waals surface area contributed by atoms with E-state index in [1.165, 1.54) is 24.9 Å². The third-order valence-electron chi connectivity index (χ3n) is 2.28. The number of nitrogen functional groups attached to an aromatic ring is 1. The van der Waals surface area contributed by atoms with Crippen LogP contribution in [0.5, 0.6) is 5.75 Å². The van der Waals surface area contributed by atoms with E-state index in [1.54, 1.807) is 18.4 Å². The topological polar surface area (TPSA) is 61.3 Å². The highest BCUT2D eigenvalue weighted by atomic mass is 32.2. The zero-order valence-corrected chi connectivity index (χ0v) is 10.2. The number of aromatic nitrogens is 1. The van der Waals surface area contributed by atoms with Gasteiger partial charge in [-0.15, -0.1) is 11.8 Å². The molecule has 0 spiro atoms. The van der Waals surface area contributed by atoms with E-state index in [-0.39, 0.29) is 5.82 Å². The minimum atomic E-state index is -0.395. The van der Waals surface area contributed by atoms with Crippen LogP contribution in [0.25, 0.3) is 11.3 Å². The van der Waals surface area contributed by atoms with Crippen LogP contribution in [0.15, 0.2) is 27.6 Å². The van der Waals surface area contributed by atoms with Gasteiger partial charge < -0.3 is 15.0 Å². The van der Waals surface area contributed by atoms with Crippen LogP contribution in [0.1, 0.15) is 0 Å². The van der Waals surface area contributed by atoms with Crippen LogP contribution in [-0.4, -0.2) is 18.5 Å². The highest BCUT2D eigenvalue weighted by Gasteiger charge is 2.17. The molecule has 0 radical (unpaired) electrons. The van der Waals surface area contributed by atoms with Crippen LogP contribution in [0.3, 0.4) is 0 Å². The van der Waals surface area contributed by atoms with Crippen molar-refractivity contribution in [2.24, 2.45) is 0 Å². The molecule has 4 nitrogen and oxygen atoms in total. The van der Waals surface area contributed by atoms with E-state index in [1.807, 2.05) is 0 Å². The molecule has 0 amide bonds. The largest absolute Gasteiger partial charge is 0.495 e. The number of ether oxygens (including phenoxy) is 1. The van der Waals surface area contributed by atoms with Gasteiger partial charge in [-0.1, -0.05) is 5.16 Å². The number of thioether (sulfide) groups is 1. The predicted molar refractivity (Wildman–Crippen MR) is 64.6 cm³/mol. The second kappa shape index (κ2) is 4.67. The molecular formula is C11H11FN2O2S. The summed E-state index contributed by atoms with van der Waals surface area (Å²) in [6.45, 7) is 0. The summed E-state index contributed by atoms with van der Waals surface area (Å²) in [6, 6.07) is 4.74. The lowest BCUT2D eigenvalue weighted by molar-refractivity contribution is 0.396. The van der Waals surface area contributed by atoms with Crippen molar-refractivity contribution in [1.29, 1.82) is 0 Å². The number of anilines is 1. The summed E-state index contributed by atoms with van der Waals surface area (Å²) in [5.41, 5.74) is 5.75. The minimum absolute atomic E-state index is 0.223. The third kappa shape index (κ3) is 2.08. The zero-order valence-electron chi connectivity index (χ0n) is 9.36. The molecule has 0 fully saturated rings. The molecule has 1 aromatic carbocycles. The first-order valence-electron chi connectivity index (χ1n) is 4.80. The first-order valence-corrected chi connectivity index (χ1v) is 6.03. The quantitative estimate of drug-likeness (QED) is 0.853. The molecule has 2 aromatic rings. The number of methoxy groups -OCH3 is 1. The molecule has 6 heteroatoms. The van der Waals surface area contributed by atoms with E-state index < -0.39 is 5.82 Å². The third-order valence-corrected chi connectivity index (χ3v) is 3.07. The van der Waals surface area contributed by atoms with Crippen molar-refractivity contribution in [3.8, 4) is 17.1 Å². The van der Waals surface area contributed by atoms with Gasteiger partial charge in [0.2, 0.25) is 0 Å². The Morgan fingerprint density at radius 2 is 2.24 bits per heavy atom. The van der Waals surface area contributed by atoms with Crippen molar-refractivity contribution in [3.63, 3.8) is 0 Å². The molecule has 0 bridgehead atoms. The molecule has 0 saturated carbocycles. The van der Waals surface area contributed by atoms with E-state index in [0.29, 0.717) is 22.0 Å². The van der Waals surface area contributed by atoms with Crippen molar-refractivity contribution in [2.45, 2.75) is 4.90 Å². The maximum Gasteiger partial charge on any atom is 0.172 e. The number of halogens is 1. The van der Waals surface area contributed by atoms with Gasteiger partial charge in [-0.05, 0) is 18.4 Å². The normalized spacial score (nSPS) is 10.5. The molecule has 2 rings (SSSR count). The number of nitrogens with zero attached hydrogens (tertiary/aromatic N) is 1. The fourth-order valence-corrected chi connectivity index (χ4v) is 2.14. The molecule has 1 aromatic heterocycles. The van der Waals surface area contributed by atoms with Gasteiger partial charge in [0.25, 0.3) is 0 Å². The first kappa shape index (κ1) is 11.8. The average molecular weight is 254 g/mol. The summed E-state index contributed by atoms with van der Waals surface area (Å²) in [7, 11) is 1.50. The van der Waals surface area contributed by atoms with Crippen LogP contribution in [0.2, 0.25) is 0 Å². The second-order valence-electron chi connectivity index (χ2n) is 3.28. The van der Waals surface area contributed by atoms with Gasteiger partial charge >= 0.3 is 0 Å². The van der Waals surface area contributed by atoms with Crippen LogP contribution in [0, 0.1) is 5.82 Å². The van der Waals surface area contributed by atoms with Crippen molar-refractivity contribution in [2.75, 3.05) is 19.1 Å². The molecule has 0 aliphatic carbocycles. The molecule has 0 unspecified atom stereocenters. The Kier molecular flexibility index (Phi) is 3.23. The van der Waals surface area contributed by atoms with Crippen LogP contribution in [-0.2, 0) is 0 Å². The van der Waals surface area contributed by atoms with E-state index in [0.717, 1.165) is 0 Å². The van der Waals surface area contributed by atoms with E-state index >= 15 is 0 Å². The highest BCUT2D eigenvalue weighted by Crippen LogP contribution is 2.36. The number of hydrogen-bond donors (Lipinski definition) is 1. The van der Waals surface area contributed by atoms with Crippen LogP contribution < -0.4 is 10.5 Å². The Labute approximate surface area is 102 Å². The maximum atomic E-state index is 14.2. The average Bonchev–Trinajstić information content (AvgIpc) is 2.75. The van der Waals surface area contributed by atoms with Gasteiger partial charge in [0.15, 0.2) is 17.4 Å². The predicted octanol–water partition coefficient (Wildman–Crippen LogP) is 2.79. The molecule has 1 heterocycles. The molecule has 0 aliphatic rings. The monoisotopic (exact) mass is 254 g/mol. The summed E-state index contributed by atoms with van der Waals surface area (Å²) in [5.74, 6) is 0.623. The molecule has 0 saturated heterocycles. The summed E-state index contributed by atoms with van der Waals surface area (Å²) < 4.78 is 24.2. The molecule has 17 heavy (non-hydrogen) atoms. The van der Waals surface area contributed by atoms with Crippen molar-refractivity contribution in [1.82, 2.24) is 5.16 Å². The van der Waals surface area contributed by atoms with E-state index in [4.69, 9.17) is 15.0 Å². The van der Waals surface area contributed by atoms with Gasteiger partial charge in [0.05, 0.1) is 17.6 Å². The first-order chi connectivity index (χ1) is 8.17. The summed E-state index contributed by atoms with van der Waals surface area (Å²) in [4.78, 5) is 0.431. The Morgan fingerprint density at radius 3 is 2.76 bits per heavy atom. The Hall–Kier alpha value is -1.69. The SMILES string of the molecule is COc1ccc(-c2cc(N)no2)c(F)c1SC. The lowest BCUT2D eigenvalue weighted by Gasteiger charge is -2.09. The Bertz CT molecular complexity index is 542. The molecule has 0 atom stereocenters. The fraction of sp³-hybridized carbons (Fsp3) is 0.182. The number of rotatable bonds is 3. The van der Waals surface area contributed by atoms with Crippen molar-refractivity contribution in [3.05, 3.63) is 24.0 Å². The van der Waals surface area contributed by atoms with Crippen LogP contribution >= 0.6 is 11.8 Å². The summed E-state index contributed by atoms with van der Waals surface area (Å²) >= 11 is 1.27. The molecule has 0 aliphatic heterocycles. The van der Waals surface area contributed by atoms with Gasteiger partial charge in [-0.3, -0.25) is 0 Å². The van der Waals surface area contributed by atoms with E-state index in [9.17, 15) is 4.39 Å². The molecule has 90 valence electrons. The minimum Gasteiger partial charge on any atom is -0.495 e. The van der Waals surface area contributed by atoms with Gasteiger partial charge in [0, 0.05) is 6.07 Å². The van der Waals surface area contributed by atoms with E-state index in [2.05, 4.69) is 5.16 Å². The maximum absolute atomic E-state index is 14.2. The summed E-state index contributed by atoms with van der Waals surface area (Å²) in [5, 5.41) is 3.53. The lowest BCUT2D eigenvalue weighted by Crippen LogP contribution is -1.92. The fourth-order valence-electron chi connectivity index (χ4n) is 1.50. The standard InChI is InChI=1S/C11H11FN2O2S/c1-15-7-4-3-6(10(12)11(7)17-2)8-5-9(13)14-16-8/h3-5H,1-2H3,(H2,13,14). The highest BCUT2D eigenvalue weighted by molar-refractivity contribution is 7.98. The summed E-state index contributed by atoms with van der Waals surface area (Å²) in [6.07, 6.45) is 1.78. The zero-order chi connectivity index (χ0) is 12.4. The van der Waals surface area contributed by atoms with Gasteiger partial charge in [0.1, 0.15) is 5.75 Å². The molecule has 2 N–H and O–H groups in total. The van der Waals surface area contributed by atoms with Gasteiger partial charge in [-0.2, -0.15) is 0 Å². The Balaban J connectivity index is 2.56. The number of benzene rings is 1. The smallest absolute Gasteiger partial charge is 0.172 e. The second-order valence-corrected chi connectivity index (χ2v) is 4.10. The number of nitrogens with two attached hydrogens (primary N) is 1. The number of hydrogen-bond acceptors (Lipinski definition) is 5. The van der Waals surface area contributed by atoms with Crippen molar-refractivity contribution < 1.29 is 13.7 Å².